The average molecular weight is 172 g/mol. The summed E-state index contributed by atoms with van der Waals surface area (Å²) in [7, 11) is 0. The summed E-state index contributed by atoms with van der Waals surface area (Å²) in [5.74, 6) is 0.576. The molecule has 2 heteroatoms. The number of fused-ring (bicyclic) bond motifs is 3. The Hall–Kier alpha value is -1.28. The summed E-state index contributed by atoms with van der Waals surface area (Å²) < 4.78 is 0. The van der Waals surface area contributed by atoms with Crippen molar-refractivity contribution in [2.75, 3.05) is 0 Å². The minimum absolute atomic E-state index is 0.0532. The largest absolute Gasteiger partial charge is 0.198 e. The molecule has 66 valence electrons. The second-order valence-electron chi connectivity index (χ2n) is 3.95. The first-order valence-corrected chi connectivity index (χ1v) is 4.84. The highest BCUT2D eigenvalue weighted by Gasteiger charge is 2.38. The predicted molar refractivity (Wildman–Crippen MR) is 48.2 cm³/mol. The zero-order valence-electron chi connectivity index (χ0n) is 7.48. The molecule has 0 unspecified atom stereocenters. The fraction of sp³-hybridized carbons (Fsp3) is 0.636. The lowest BCUT2D eigenvalue weighted by atomic mass is 9.73. The predicted octanol–water partition coefficient (Wildman–Crippen LogP) is 2.25. The molecule has 0 heterocycles. The van der Waals surface area contributed by atoms with Crippen LogP contribution in [0.2, 0.25) is 0 Å². The Balaban J connectivity index is 2.34. The van der Waals surface area contributed by atoms with Gasteiger partial charge in [-0.1, -0.05) is 18.6 Å². The number of rotatable bonds is 0. The molecule has 13 heavy (non-hydrogen) atoms. The van der Waals surface area contributed by atoms with Crippen LogP contribution in [0.5, 0.6) is 0 Å². The Morgan fingerprint density at radius 1 is 0.923 bits per heavy atom. The first kappa shape index (κ1) is 8.32. The summed E-state index contributed by atoms with van der Waals surface area (Å²) >= 11 is 0. The highest BCUT2D eigenvalue weighted by atomic mass is 14.4. The molecule has 2 bridgehead atoms. The van der Waals surface area contributed by atoms with Crippen molar-refractivity contribution in [3.63, 3.8) is 0 Å². The number of nitriles is 2. The molecule has 1 fully saturated rings. The van der Waals surface area contributed by atoms with Crippen molar-refractivity contribution in [2.24, 2.45) is 23.7 Å². The molecule has 0 spiro atoms. The SMILES string of the molecule is N#C[C@@H]1[C@H](C#N)[C@H]2C=C[C@H]1CCC2. The standard InChI is InChI=1S/C11H12N2/c12-6-10-8-2-1-3-9(5-4-8)11(10)7-13/h4-5,8-11H,1-3H2/t8-,9-,10-,11+/m1/s1. The highest BCUT2D eigenvalue weighted by molar-refractivity contribution is 5.17. The maximum atomic E-state index is 9.00. The van der Waals surface area contributed by atoms with Gasteiger partial charge >= 0.3 is 0 Å². The van der Waals surface area contributed by atoms with Crippen LogP contribution in [-0.2, 0) is 0 Å². The molecular formula is C11H12N2. The normalized spacial score (nSPS) is 42.0. The van der Waals surface area contributed by atoms with E-state index in [0.717, 1.165) is 12.8 Å². The van der Waals surface area contributed by atoms with Crippen LogP contribution in [0, 0.1) is 46.3 Å². The van der Waals surface area contributed by atoms with Crippen molar-refractivity contribution >= 4 is 0 Å². The van der Waals surface area contributed by atoms with Gasteiger partial charge in [0.1, 0.15) is 0 Å². The molecule has 0 N–H and O–H groups in total. The van der Waals surface area contributed by atoms with Gasteiger partial charge < -0.3 is 0 Å². The van der Waals surface area contributed by atoms with Gasteiger partial charge in [0.05, 0.1) is 24.0 Å². The van der Waals surface area contributed by atoms with Crippen molar-refractivity contribution in [1.29, 1.82) is 10.5 Å². The molecule has 0 aliphatic heterocycles. The lowest BCUT2D eigenvalue weighted by Crippen LogP contribution is -2.26. The Bertz CT molecular complexity index is 275. The van der Waals surface area contributed by atoms with Crippen LogP contribution in [0.25, 0.3) is 0 Å². The first-order chi connectivity index (χ1) is 6.36. The van der Waals surface area contributed by atoms with Gasteiger partial charge in [0, 0.05) is 0 Å². The smallest absolute Gasteiger partial charge is 0.0689 e. The third-order valence-corrected chi connectivity index (χ3v) is 3.29. The minimum Gasteiger partial charge on any atom is -0.198 e. The number of allylic oxidation sites excluding steroid dienone is 2. The van der Waals surface area contributed by atoms with E-state index in [2.05, 4.69) is 24.3 Å². The van der Waals surface area contributed by atoms with Crippen LogP contribution >= 0.6 is 0 Å². The molecule has 0 aromatic heterocycles. The van der Waals surface area contributed by atoms with Crippen molar-refractivity contribution in [3.05, 3.63) is 12.2 Å². The van der Waals surface area contributed by atoms with Gasteiger partial charge in [0.15, 0.2) is 0 Å². The molecule has 1 saturated carbocycles. The second-order valence-corrected chi connectivity index (χ2v) is 3.95. The Kier molecular flexibility index (Phi) is 2.07. The molecule has 0 aromatic rings. The third kappa shape index (κ3) is 1.23. The van der Waals surface area contributed by atoms with E-state index in [1.165, 1.54) is 6.42 Å². The number of nitrogens with zero attached hydrogens (tertiary/aromatic N) is 2. The van der Waals surface area contributed by atoms with E-state index in [9.17, 15) is 0 Å². The van der Waals surface area contributed by atoms with Crippen LogP contribution in [-0.4, -0.2) is 0 Å². The van der Waals surface area contributed by atoms with Gasteiger partial charge in [-0.25, -0.2) is 0 Å². The maximum Gasteiger partial charge on any atom is 0.0689 e. The van der Waals surface area contributed by atoms with Crippen molar-refractivity contribution in [2.45, 2.75) is 19.3 Å². The summed E-state index contributed by atoms with van der Waals surface area (Å²) in [4.78, 5) is 0. The maximum absolute atomic E-state index is 9.00. The van der Waals surface area contributed by atoms with Gasteiger partial charge in [0.2, 0.25) is 0 Å². The van der Waals surface area contributed by atoms with E-state index < -0.39 is 0 Å². The topological polar surface area (TPSA) is 47.6 Å². The highest BCUT2D eigenvalue weighted by Crippen LogP contribution is 2.41. The zero-order valence-corrected chi connectivity index (χ0v) is 7.48. The van der Waals surface area contributed by atoms with Gasteiger partial charge in [-0.15, -0.1) is 0 Å². The lowest BCUT2D eigenvalue weighted by molar-refractivity contribution is 0.329. The molecule has 3 aliphatic rings. The zero-order chi connectivity index (χ0) is 9.26. The minimum atomic E-state index is -0.0532. The molecule has 2 nitrogen and oxygen atoms in total. The molecule has 0 aromatic carbocycles. The Labute approximate surface area is 78.5 Å². The third-order valence-electron chi connectivity index (χ3n) is 3.29. The Morgan fingerprint density at radius 2 is 1.38 bits per heavy atom. The van der Waals surface area contributed by atoms with Crippen LogP contribution in [0.1, 0.15) is 19.3 Å². The first-order valence-electron chi connectivity index (χ1n) is 4.84. The second kappa shape index (κ2) is 3.23. The van der Waals surface area contributed by atoms with Gasteiger partial charge in [0.25, 0.3) is 0 Å². The van der Waals surface area contributed by atoms with E-state index >= 15 is 0 Å². The molecule has 3 rings (SSSR count). The lowest BCUT2D eigenvalue weighted by Gasteiger charge is -2.27. The van der Waals surface area contributed by atoms with E-state index in [1.807, 2.05) is 0 Å². The fourth-order valence-corrected chi connectivity index (χ4v) is 2.55. The van der Waals surface area contributed by atoms with E-state index in [-0.39, 0.29) is 11.8 Å². The molecule has 0 amide bonds. The van der Waals surface area contributed by atoms with Crippen molar-refractivity contribution in [3.8, 4) is 12.1 Å². The van der Waals surface area contributed by atoms with E-state index in [1.54, 1.807) is 0 Å². The van der Waals surface area contributed by atoms with Crippen molar-refractivity contribution < 1.29 is 0 Å². The fourth-order valence-electron chi connectivity index (χ4n) is 2.55. The molecule has 4 atom stereocenters. The summed E-state index contributed by atoms with van der Waals surface area (Å²) in [5, 5.41) is 18.0. The monoisotopic (exact) mass is 172 g/mol. The summed E-state index contributed by atoms with van der Waals surface area (Å²) in [6.07, 6.45) is 7.64. The van der Waals surface area contributed by atoms with E-state index in [0.29, 0.717) is 11.8 Å². The van der Waals surface area contributed by atoms with Gasteiger partial charge in [-0.2, -0.15) is 10.5 Å². The van der Waals surface area contributed by atoms with Crippen LogP contribution in [0.3, 0.4) is 0 Å². The van der Waals surface area contributed by atoms with E-state index in [4.69, 9.17) is 10.5 Å². The number of hydrogen-bond donors (Lipinski definition) is 0. The van der Waals surface area contributed by atoms with Gasteiger partial charge in [-0.05, 0) is 24.7 Å². The molecule has 0 saturated heterocycles. The summed E-state index contributed by atoms with van der Waals surface area (Å²) in [6.45, 7) is 0. The van der Waals surface area contributed by atoms with Crippen molar-refractivity contribution in [1.82, 2.24) is 0 Å². The Morgan fingerprint density at radius 3 is 1.77 bits per heavy atom. The molecular weight excluding hydrogens is 160 g/mol. The van der Waals surface area contributed by atoms with Crippen LogP contribution < -0.4 is 0 Å². The molecule has 3 aliphatic carbocycles. The van der Waals surface area contributed by atoms with Gasteiger partial charge in [-0.3, -0.25) is 0 Å². The molecule has 0 radical (unpaired) electrons. The quantitative estimate of drug-likeness (QED) is 0.526. The average Bonchev–Trinajstić information content (AvgIpc) is 2.49. The van der Waals surface area contributed by atoms with Crippen LogP contribution in [0.15, 0.2) is 12.2 Å². The summed E-state index contributed by atoms with van der Waals surface area (Å²) in [6, 6.07) is 4.61. The van der Waals surface area contributed by atoms with Crippen LogP contribution in [0.4, 0.5) is 0 Å². The number of hydrogen-bond acceptors (Lipinski definition) is 2. The summed E-state index contributed by atoms with van der Waals surface area (Å²) in [5.41, 5.74) is 0.